The van der Waals surface area contributed by atoms with Crippen LogP contribution in [-0.2, 0) is 32.7 Å². The molecule has 10 heavy (non-hydrogen) atoms. The Hall–Kier alpha value is 0.674. The van der Waals surface area contributed by atoms with Crippen molar-refractivity contribution in [3.63, 3.8) is 0 Å². The Morgan fingerprint density at radius 3 is 3.00 bits per heavy atom. The van der Waals surface area contributed by atoms with Gasteiger partial charge in [-0.1, -0.05) is 12.8 Å². The Bertz CT molecular complexity index is 110. The molecule has 1 rings (SSSR count). The molecule has 0 spiro atoms. The minimum atomic E-state index is 0. The predicted octanol–water partition coefficient (Wildman–Crippen LogP) is 1.68. The van der Waals surface area contributed by atoms with Gasteiger partial charge in [-0.3, -0.25) is 0 Å². The second-order valence-corrected chi connectivity index (χ2v) is 2.27. The van der Waals surface area contributed by atoms with E-state index >= 15 is 0 Å². The van der Waals surface area contributed by atoms with E-state index in [4.69, 9.17) is 0 Å². The first kappa shape index (κ1) is 10.7. The summed E-state index contributed by atoms with van der Waals surface area (Å²) in [5.74, 6) is 0. The summed E-state index contributed by atoms with van der Waals surface area (Å²) in [5.41, 5.74) is 1.41. The van der Waals surface area contributed by atoms with E-state index in [2.05, 4.69) is 24.9 Å². The van der Waals surface area contributed by atoms with Crippen LogP contribution in [0.25, 0.3) is 0 Å². The summed E-state index contributed by atoms with van der Waals surface area (Å²) < 4.78 is 0. The van der Waals surface area contributed by atoms with Crippen LogP contribution in [0, 0.1) is 13.5 Å². The van der Waals surface area contributed by atoms with Gasteiger partial charge >= 0.3 is 0 Å². The Balaban J connectivity index is 0.000000810. The zero-order chi connectivity index (χ0) is 6.53. The topological polar surface area (TPSA) is 12.0 Å². The van der Waals surface area contributed by atoms with Crippen molar-refractivity contribution in [1.82, 2.24) is 5.32 Å². The van der Waals surface area contributed by atoms with Gasteiger partial charge in [0.05, 0.1) is 0 Å². The number of nitrogens with one attached hydrogen (secondary N) is 1. The first-order chi connectivity index (χ1) is 4.43. The summed E-state index contributed by atoms with van der Waals surface area (Å²) in [5, 5.41) is 3.20. The van der Waals surface area contributed by atoms with Crippen molar-refractivity contribution in [2.24, 2.45) is 0 Å². The van der Waals surface area contributed by atoms with E-state index in [0.717, 1.165) is 19.4 Å². The maximum atomic E-state index is 3.79. The molecule has 0 saturated carbocycles. The maximum Gasteiger partial charge on any atom is 0 e. The Morgan fingerprint density at radius 2 is 2.50 bits per heavy atom. The molecule has 0 aromatic carbocycles. The molecule has 55 valence electrons. The second-order valence-electron chi connectivity index (χ2n) is 2.27. The average molecular weight is 212 g/mol. The number of hydrogen-bond donors (Lipinski definition) is 1. The molecule has 0 amide bonds. The van der Waals surface area contributed by atoms with Crippen molar-refractivity contribution in [2.75, 3.05) is 6.54 Å². The third-order valence-corrected chi connectivity index (χ3v) is 1.45. The van der Waals surface area contributed by atoms with E-state index in [1.54, 1.807) is 0 Å². The van der Waals surface area contributed by atoms with Gasteiger partial charge in [0.15, 0.2) is 0 Å². The maximum absolute atomic E-state index is 3.79. The standard InChI is InChI=1S/C8H13N.Y/c1-2-4-8-5-3-6-9-7-8;/h5,7,9H,1-4,6H2;/q-2;. The molecule has 2 heteroatoms. The van der Waals surface area contributed by atoms with Gasteiger partial charge in [0.1, 0.15) is 0 Å². The summed E-state index contributed by atoms with van der Waals surface area (Å²) in [6.45, 7) is 6.98. The van der Waals surface area contributed by atoms with Crippen LogP contribution in [0.2, 0.25) is 0 Å². The van der Waals surface area contributed by atoms with Crippen LogP contribution in [0.4, 0.5) is 0 Å². The van der Waals surface area contributed by atoms with E-state index in [-0.39, 0.29) is 32.7 Å². The summed E-state index contributed by atoms with van der Waals surface area (Å²) in [6.07, 6.45) is 5.57. The Kier molecular flexibility index (Phi) is 6.82. The van der Waals surface area contributed by atoms with Crippen molar-refractivity contribution >= 4 is 0 Å². The monoisotopic (exact) mass is 212 g/mol. The third kappa shape index (κ3) is 3.75. The molecule has 1 heterocycles. The molecule has 0 bridgehead atoms. The van der Waals surface area contributed by atoms with Crippen molar-refractivity contribution in [1.29, 1.82) is 0 Å². The Morgan fingerprint density at radius 1 is 1.70 bits per heavy atom. The van der Waals surface area contributed by atoms with Gasteiger partial charge in [0, 0.05) is 32.7 Å². The molecule has 0 fully saturated rings. The molecule has 1 aliphatic heterocycles. The smallest absolute Gasteiger partial charge is 0 e. The molecular formula is C8H13NY-2. The first-order valence-corrected chi connectivity index (χ1v) is 3.48. The molecule has 1 aliphatic rings. The first-order valence-electron chi connectivity index (χ1n) is 3.48. The van der Waals surface area contributed by atoms with E-state index in [0.29, 0.717) is 0 Å². The zero-order valence-corrected chi connectivity index (χ0v) is 9.11. The summed E-state index contributed by atoms with van der Waals surface area (Å²) in [4.78, 5) is 0. The number of rotatable bonds is 2. The molecule has 0 aromatic heterocycles. The van der Waals surface area contributed by atoms with Crippen molar-refractivity contribution < 1.29 is 32.7 Å². The second kappa shape index (κ2) is 6.39. The molecule has 0 atom stereocenters. The van der Waals surface area contributed by atoms with Gasteiger partial charge in [-0.05, 0) is 6.54 Å². The van der Waals surface area contributed by atoms with Crippen LogP contribution in [-0.4, -0.2) is 6.54 Å². The largest absolute Gasteiger partial charge is 0.374 e. The van der Waals surface area contributed by atoms with E-state index in [1.807, 2.05) is 0 Å². The summed E-state index contributed by atoms with van der Waals surface area (Å²) >= 11 is 0. The van der Waals surface area contributed by atoms with Gasteiger partial charge < -0.3 is 12.2 Å². The summed E-state index contributed by atoms with van der Waals surface area (Å²) in [6, 6.07) is 0. The minimum absolute atomic E-state index is 0. The van der Waals surface area contributed by atoms with Crippen molar-refractivity contribution in [2.45, 2.75) is 19.3 Å². The fraction of sp³-hybridized carbons (Fsp3) is 0.500. The van der Waals surface area contributed by atoms with Crippen LogP contribution in [0.5, 0.6) is 0 Å². The molecule has 1 nitrogen and oxygen atoms in total. The Labute approximate surface area is 88.5 Å². The minimum Gasteiger partial charge on any atom is -0.374 e. The summed E-state index contributed by atoms with van der Waals surface area (Å²) in [7, 11) is 0. The quantitative estimate of drug-likeness (QED) is 0.686. The van der Waals surface area contributed by atoms with Gasteiger partial charge in [-0.15, -0.1) is 0 Å². The molecule has 1 radical (unpaired) electrons. The van der Waals surface area contributed by atoms with Crippen LogP contribution in [0.15, 0.2) is 11.6 Å². The van der Waals surface area contributed by atoms with Gasteiger partial charge in [0.2, 0.25) is 0 Å². The third-order valence-electron chi connectivity index (χ3n) is 1.45. The van der Waals surface area contributed by atoms with Gasteiger partial charge in [0.25, 0.3) is 0 Å². The van der Waals surface area contributed by atoms with Crippen LogP contribution < -0.4 is 5.32 Å². The van der Waals surface area contributed by atoms with Crippen molar-refractivity contribution in [3.8, 4) is 0 Å². The predicted molar refractivity (Wildman–Crippen MR) is 39.6 cm³/mol. The molecular weight excluding hydrogens is 199 g/mol. The molecule has 0 saturated heterocycles. The SMILES string of the molecule is [CH2-]CCC1=CCCN[CH-]1.[Y]. The fourth-order valence-corrected chi connectivity index (χ4v) is 0.981. The van der Waals surface area contributed by atoms with E-state index < -0.39 is 0 Å². The van der Waals surface area contributed by atoms with Crippen LogP contribution in [0.3, 0.4) is 0 Å². The zero-order valence-electron chi connectivity index (χ0n) is 6.27. The normalized spacial score (nSPS) is 16.7. The molecule has 0 aliphatic carbocycles. The van der Waals surface area contributed by atoms with Crippen LogP contribution >= 0.6 is 0 Å². The average Bonchev–Trinajstić information content (AvgIpc) is 1.91. The van der Waals surface area contributed by atoms with Crippen molar-refractivity contribution in [3.05, 3.63) is 25.1 Å². The van der Waals surface area contributed by atoms with E-state index in [9.17, 15) is 0 Å². The van der Waals surface area contributed by atoms with Gasteiger partial charge in [-0.2, -0.15) is 13.0 Å². The van der Waals surface area contributed by atoms with Gasteiger partial charge in [-0.25, -0.2) is 11.6 Å². The molecule has 1 N–H and O–H groups in total. The number of hydrogen-bond acceptors (Lipinski definition) is 1. The molecule has 0 unspecified atom stereocenters. The molecule has 0 aromatic rings. The fourth-order valence-electron chi connectivity index (χ4n) is 0.981. The van der Waals surface area contributed by atoms with Crippen LogP contribution in [0.1, 0.15) is 19.3 Å². The van der Waals surface area contributed by atoms with E-state index in [1.165, 1.54) is 12.0 Å².